The number of halogens is 1. The number of carbonyl (C=O) groups is 1. The van der Waals surface area contributed by atoms with Crippen LogP contribution in [0.15, 0.2) is 42.5 Å². The molecule has 116 valence electrons. The van der Waals surface area contributed by atoms with Crippen LogP contribution in [0.5, 0.6) is 5.75 Å². The lowest BCUT2D eigenvalue weighted by Crippen LogP contribution is -2.20. The van der Waals surface area contributed by atoms with E-state index in [-0.39, 0.29) is 16.5 Å². The third-order valence-corrected chi connectivity index (χ3v) is 3.01. The van der Waals surface area contributed by atoms with Crippen molar-refractivity contribution < 1.29 is 14.5 Å². The van der Waals surface area contributed by atoms with E-state index in [1.165, 1.54) is 12.1 Å². The van der Waals surface area contributed by atoms with Gasteiger partial charge in [-0.25, -0.2) is 0 Å². The van der Waals surface area contributed by atoms with E-state index in [1.54, 1.807) is 24.3 Å². The van der Waals surface area contributed by atoms with E-state index >= 15 is 0 Å². The molecule has 0 saturated heterocycles. The fourth-order valence-electron chi connectivity index (χ4n) is 1.72. The monoisotopic (exact) mass is 331 g/mol. The molecule has 0 radical (unpaired) electrons. The predicted octanol–water partition coefficient (Wildman–Crippen LogP) is 3.14. The van der Waals surface area contributed by atoms with Crippen LogP contribution in [0.3, 0.4) is 0 Å². The Morgan fingerprint density at radius 1 is 1.30 bits per heavy atom. The molecule has 0 saturated carbocycles. The summed E-state index contributed by atoms with van der Waals surface area (Å²) in [5, 5.41) is 22.4. The second-order valence-corrected chi connectivity index (χ2v) is 4.83. The molecule has 0 aromatic heterocycles. The number of nitriles is 1. The summed E-state index contributed by atoms with van der Waals surface area (Å²) in [7, 11) is 0. The average molecular weight is 332 g/mol. The number of ether oxygens (including phenoxy) is 1. The Bertz CT molecular complexity index is 784. The highest BCUT2D eigenvalue weighted by molar-refractivity contribution is 6.30. The van der Waals surface area contributed by atoms with Gasteiger partial charge in [-0.15, -0.1) is 0 Å². The first-order chi connectivity index (χ1) is 11.0. The molecule has 23 heavy (non-hydrogen) atoms. The van der Waals surface area contributed by atoms with Gasteiger partial charge in [0.15, 0.2) is 12.4 Å². The summed E-state index contributed by atoms with van der Waals surface area (Å²) < 4.78 is 5.17. The third kappa shape index (κ3) is 4.43. The van der Waals surface area contributed by atoms with Crippen LogP contribution < -0.4 is 10.1 Å². The maximum Gasteiger partial charge on any atom is 0.312 e. The number of nitro benzene ring substituents is 1. The quantitative estimate of drug-likeness (QED) is 0.669. The van der Waals surface area contributed by atoms with Crippen LogP contribution in [-0.2, 0) is 4.79 Å². The van der Waals surface area contributed by atoms with Crippen LogP contribution in [0.1, 0.15) is 5.56 Å². The minimum Gasteiger partial charge on any atom is -0.477 e. The number of hydrogen-bond acceptors (Lipinski definition) is 5. The normalized spacial score (nSPS) is 9.74. The number of nitro groups is 1. The lowest BCUT2D eigenvalue weighted by atomic mass is 10.2. The van der Waals surface area contributed by atoms with Crippen molar-refractivity contribution >= 4 is 28.9 Å². The first kappa shape index (κ1) is 16.3. The molecule has 0 aliphatic heterocycles. The lowest BCUT2D eigenvalue weighted by molar-refractivity contribution is -0.385. The summed E-state index contributed by atoms with van der Waals surface area (Å²) in [6.45, 7) is -0.400. The van der Waals surface area contributed by atoms with Crippen molar-refractivity contribution in [3.63, 3.8) is 0 Å². The molecule has 0 bridgehead atoms. The number of anilines is 1. The number of amides is 1. The fraction of sp³-hybridized carbons (Fsp3) is 0.0667. The minimum atomic E-state index is -0.639. The third-order valence-electron chi connectivity index (χ3n) is 2.77. The second-order valence-electron chi connectivity index (χ2n) is 4.40. The molecule has 0 atom stereocenters. The Balaban J connectivity index is 1.99. The van der Waals surface area contributed by atoms with Crippen LogP contribution in [0.2, 0.25) is 5.02 Å². The van der Waals surface area contributed by atoms with Gasteiger partial charge in [0.05, 0.1) is 16.6 Å². The molecule has 0 unspecified atom stereocenters. The van der Waals surface area contributed by atoms with Gasteiger partial charge in [-0.05, 0) is 36.4 Å². The van der Waals surface area contributed by atoms with Gasteiger partial charge < -0.3 is 10.1 Å². The standard InChI is InChI=1S/C15H10ClN3O4/c16-11-3-6-14(13(7-11)19(21)22)23-9-15(20)18-12-4-1-10(8-17)2-5-12/h1-7H,9H2,(H,18,20). The van der Waals surface area contributed by atoms with Crippen molar-refractivity contribution in [2.24, 2.45) is 0 Å². The van der Waals surface area contributed by atoms with E-state index in [4.69, 9.17) is 21.6 Å². The van der Waals surface area contributed by atoms with Crippen molar-refractivity contribution in [1.29, 1.82) is 5.26 Å². The second kappa shape index (κ2) is 7.24. The zero-order valence-corrected chi connectivity index (χ0v) is 12.4. The number of hydrogen-bond donors (Lipinski definition) is 1. The zero-order chi connectivity index (χ0) is 16.8. The van der Waals surface area contributed by atoms with Crippen LogP contribution in [0.4, 0.5) is 11.4 Å². The topological polar surface area (TPSA) is 105 Å². The molecule has 2 aromatic rings. The van der Waals surface area contributed by atoms with E-state index in [2.05, 4.69) is 5.32 Å². The van der Waals surface area contributed by atoms with Crippen molar-refractivity contribution in [3.05, 3.63) is 63.2 Å². The summed E-state index contributed by atoms with van der Waals surface area (Å²) in [4.78, 5) is 22.1. The van der Waals surface area contributed by atoms with Gasteiger partial charge in [0.25, 0.3) is 5.91 Å². The fourth-order valence-corrected chi connectivity index (χ4v) is 1.89. The van der Waals surface area contributed by atoms with Gasteiger partial charge in [-0.1, -0.05) is 11.6 Å². The highest BCUT2D eigenvalue weighted by atomic mass is 35.5. The van der Waals surface area contributed by atoms with E-state index in [0.717, 1.165) is 6.07 Å². The Morgan fingerprint density at radius 3 is 2.61 bits per heavy atom. The number of benzene rings is 2. The molecule has 0 spiro atoms. The van der Waals surface area contributed by atoms with E-state index < -0.39 is 17.4 Å². The van der Waals surface area contributed by atoms with Gasteiger partial charge in [-0.2, -0.15) is 5.26 Å². The largest absolute Gasteiger partial charge is 0.477 e. The molecule has 0 fully saturated rings. The van der Waals surface area contributed by atoms with Crippen molar-refractivity contribution in [1.82, 2.24) is 0 Å². The highest BCUT2D eigenvalue weighted by Gasteiger charge is 2.16. The average Bonchev–Trinajstić information content (AvgIpc) is 2.54. The van der Waals surface area contributed by atoms with Crippen LogP contribution in [0.25, 0.3) is 0 Å². The predicted molar refractivity (Wildman–Crippen MR) is 83.4 cm³/mol. The van der Waals surface area contributed by atoms with E-state index in [1.807, 2.05) is 6.07 Å². The van der Waals surface area contributed by atoms with Crippen LogP contribution >= 0.6 is 11.6 Å². The summed E-state index contributed by atoms with van der Waals surface area (Å²) >= 11 is 5.69. The minimum absolute atomic E-state index is 0.0469. The molecule has 2 rings (SSSR count). The van der Waals surface area contributed by atoms with Gasteiger partial charge in [0, 0.05) is 16.8 Å². The number of nitrogens with zero attached hydrogens (tertiary/aromatic N) is 2. The molecular formula is C15H10ClN3O4. The molecule has 1 N–H and O–H groups in total. The number of nitrogens with one attached hydrogen (secondary N) is 1. The molecule has 8 heteroatoms. The Labute approximate surface area is 136 Å². The van der Waals surface area contributed by atoms with Crippen molar-refractivity contribution in [2.45, 2.75) is 0 Å². The van der Waals surface area contributed by atoms with Crippen LogP contribution in [0, 0.1) is 21.4 Å². The summed E-state index contributed by atoms with van der Waals surface area (Å²) in [5.74, 6) is -0.534. The maximum absolute atomic E-state index is 11.8. The molecular weight excluding hydrogens is 322 g/mol. The Hall–Kier alpha value is -3.11. The first-order valence-corrected chi connectivity index (χ1v) is 6.74. The zero-order valence-electron chi connectivity index (χ0n) is 11.7. The maximum atomic E-state index is 11.8. The summed E-state index contributed by atoms with van der Waals surface area (Å²) in [5.41, 5.74) is 0.642. The smallest absolute Gasteiger partial charge is 0.312 e. The van der Waals surface area contributed by atoms with Gasteiger partial charge in [-0.3, -0.25) is 14.9 Å². The summed E-state index contributed by atoms with van der Waals surface area (Å²) in [6.07, 6.45) is 0. The first-order valence-electron chi connectivity index (χ1n) is 6.36. The summed E-state index contributed by atoms with van der Waals surface area (Å²) in [6, 6.07) is 12.1. The number of carbonyl (C=O) groups excluding carboxylic acids is 1. The molecule has 2 aromatic carbocycles. The van der Waals surface area contributed by atoms with E-state index in [9.17, 15) is 14.9 Å². The van der Waals surface area contributed by atoms with Crippen LogP contribution in [-0.4, -0.2) is 17.4 Å². The lowest BCUT2D eigenvalue weighted by Gasteiger charge is -2.08. The SMILES string of the molecule is N#Cc1ccc(NC(=O)COc2ccc(Cl)cc2[N+](=O)[O-])cc1. The molecule has 0 heterocycles. The van der Waals surface area contributed by atoms with Crippen molar-refractivity contribution in [2.75, 3.05) is 11.9 Å². The molecule has 0 aliphatic rings. The molecule has 0 aliphatic carbocycles. The number of rotatable bonds is 5. The Morgan fingerprint density at radius 2 is 2.00 bits per heavy atom. The van der Waals surface area contributed by atoms with Gasteiger partial charge in [0.1, 0.15) is 0 Å². The van der Waals surface area contributed by atoms with Gasteiger partial charge >= 0.3 is 5.69 Å². The van der Waals surface area contributed by atoms with Crippen molar-refractivity contribution in [3.8, 4) is 11.8 Å². The Kier molecular flexibility index (Phi) is 5.12. The van der Waals surface area contributed by atoms with Gasteiger partial charge in [0.2, 0.25) is 0 Å². The highest BCUT2D eigenvalue weighted by Crippen LogP contribution is 2.29. The van der Waals surface area contributed by atoms with E-state index in [0.29, 0.717) is 11.3 Å². The molecule has 1 amide bonds. The molecule has 7 nitrogen and oxygen atoms in total.